The summed E-state index contributed by atoms with van der Waals surface area (Å²) in [5, 5.41) is 5.06. The van der Waals surface area contributed by atoms with Gasteiger partial charge in [-0.3, -0.25) is 0 Å². The fraction of sp³-hybridized carbons (Fsp3) is 0.208. The molecule has 11 rings (SSSR count). The van der Waals surface area contributed by atoms with Gasteiger partial charge in [-0.2, -0.15) is 0 Å². The van der Waals surface area contributed by atoms with Crippen LogP contribution in [0.1, 0.15) is 44.1 Å². The lowest BCUT2D eigenvalue weighted by Crippen LogP contribution is -2.48. The molecule has 4 fully saturated rings. The van der Waals surface area contributed by atoms with Gasteiger partial charge in [0.05, 0.1) is 5.69 Å². The van der Waals surface area contributed by atoms with Gasteiger partial charge in [-0.25, -0.2) is 0 Å². The maximum atomic E-state index is 2.47. The highest BCUT2D eigenvalue weighted by atomic mass is 15.1. The van der Waals surface area contributed by atoms with E-state index < -0.39 is 0 Å². The third kappa shape index (κ3) is 4.98. The lowest BCUT2D eigenvalue weighted by atomic mass is 9.48. The van der Waals surface area contributed by atoms with Crippen molar-refractivity contribution in [2.45, 2.75) is 43.9 Å². The highest BCUT2D eigenvalue weighted by Crippen LogP contribution is 2.60. The summed E-state index contributed by atoms with van der Waals surface area (Å²) in [6.07, 6.45) is 8.72. The minimum absolute atomic E-state index is 0.441. The van der Waals surface area contributed by atoms with E-state index in [0.717, 1.165) is 29.1 Å². The molecule has 0 heterocycles. The predicted molar refractivity (Wildman–Crippen MR) is 207 cm³/mol. The van der Waals surface area contributed by atoms with Crippen molar-refractivity contribution in [3.05, 3.63) is 163 Å². The van der Waals surface area contributed by atoms with Gasteiger partial charge in [0.25, 0.3) is 0 Å². The maximum absolute atomic E-state index is 2.47. The molecule has 4 aliphatic carbocycles. The average Bonchev–Trinajstić information content (AvgIpc) is 3.15. The van der Waals surface area contributed by atoms with Crippen LogP contribution in [0.5, 0.6) is 0 Å². The number of hydrogen-bond donors (Lipinski definition) is 0. The molecular formula is C48H41N. The number of nitrogens with zero attached hydrogens (tertiary/aromatic N) is 1. The second kappa shape index (κ2) is 11.5. The Bertz CT molecular complexity index is 2250. The molecule has 0 radical (unpaired) electrons. The molecule has 0 unspecified atom stereocenters. The van der Waals surface area contributed by atoms with Crippen molar-refractivity contribution in [3.8, 4) is 22.3 Å². The van der Waals surface area contributed by atoms with Crippen molar-refractivity contribution >= 4 is 38.6 Å². The van der Waals surface area contributed by atoms with E-state index in [4.69, 9.17) is 0 Å². The molecule has 4 bridgehead atoms. The monoisotopic (exact) mass is 631 g/mol. The fourth-order valence-electron chi connectivity index (χ4n) is 10.4. The van der Waals surface area contributed by atoms with Crippen LogP contribution in [-0.4, -0.2) is 0 Å². The summed E-state index contributed by atoms with van der Waals surface area (Å²) in [5.74, 6) is 2.90. The molecule has 7 aromatic rings. The minimum atomic E-state index is 0.441. The zero-order chi connectivity index (χ0) is 32.4. The van der Waals surface area contributed by atoms with Crippen LogP contribution < -0.4 is 4.90 Å². The molecular weight excluding hydrogens is 591 g/mol. The van der Waals surface area contributed by atoms with E-state index in [1.807, 2.05) is 0 Å². The molecule has 0 aromatic heterocycles. The summed E-state index contributed by atoms with van der Waals surface area (Å²) in [7, 11) is 0. The molecule has 7 aromatic carbocycles. The summed E-state index contributed by atoms with van der Waals surface area (Å²) in [5.41, 5.74) is 10.6. The average molecular weight is 632 g/mol. The number of fused-ring (bicyclic) bond motifs is 3. The number of rotatable bonds is 6. The lowest BCUT2D eigenvalue weighted by Gasteiger charge is -2.57. The van der Waals surface area contributed by atoms with Gasteiger partial charge in [-0.05, 0) is 136 Å². The highest BCUT2D eigenvalue weighted by Gasteiger charge is 2.51. The predicted octanol–water partition coefficient (Wildman–Crippen LogP) is 13.3. The molecule has 0 aliphatic heterocycles. The first-order chi connectivity index (χ1) is 24.2. The SMILES string of the molecule is c1ccc(-c2ccc(N(c3ccc(-c4ccc(C56CC7CC(CC(C7)C5)C6)cc4)cc3)c3cc4ccccc4c4ccccc34)cc2)cc1. The van der Waals surface area contributed by atoms with Crippen LogP contribution in [0.15, 0.2) is 158 Å². The zero-order valence-corrected chi connectivity index (χ0v) is 27.9. The van der Waals surface area contributed by atoms with E-state index in [9.17, 15) is 0 Å². The lowest BCUT2D eigenvalue weighted by molar-refractivity contribution is -0.00518. The van der Waals surface area contributed by atoms with Crippen LogP contribution >= 0.6 is 0 Å². The molecule has 1 heteroatoms. The Morgan fingerprint density at radius 3 is 1.43 bits per heavy atom. The Hall–Kier alpha value is -5.14. The quantitative estimate of drug-likeness (QED) is 0.165. The molecule has 0 atom stereocenters. The van der Waals surface area contributed by atoms with Crippen molar-refractivity contribution in [1.82, 2.24) is 0 Å². The van der Waals surface area contributed by atoms with Gasteiger partial charge in [-0.1, -0.05) is 127 Å². The molecule has 4 saturated carbocycles. The molecule has 0 saturated heterocycles. The van der Waals surface area contributed by atoms with Crippen LogP contribution in [-0.2, 0) is 5.41 Å². The van der Waals surface area contributed by atoms with Crippen molar-refractivity contribution in [3.63, 3.8) is 0 Å². The van der Waals surface area contributed by atoms with E-state index in [-0.39, 0.29) is 0 Å². The first-order valence-electron chi connectivity index (χ1n) is 18.3. The Balaban J connectivity index is 1.04. The second-order valence-electron chi connectivity index (χ2n) is 15.2. The zero-order valence-electron chi connectivity index (χ0n) is 27.9. The Kier molecular flexibility index (Phi) is 6.76. The molecule has 0 spiro atoms. The molecule has 0 amide bonds. The molecule has 1 nitrogen and oxygen atoms in total. The summed E-state index contributed by atoms with van der Waals surface area (Å²) in [6.45, 7) is 0. The van der Waals surface area contributed by atoms with E-state index in [2.05, 4.69) is 163 Å². The molecule has 4 aliphatic rings. The fourth-order valence-corrected chi connectivity index (χ4v) is 10.4. The van der Waals surface area contributed by atoms with Gasteiger partial charge < -0.3 is 4.90 Å². The Morgan fingerprint density at radius 1 is 0.408 bits per heavy atom. The normalized spacial score (nSPS) is 22.5. The highest BCUT2D eigenvalue weighted by molar-refractivity contribution is 6.14. The van der Waals surface area contributed by atoms with Gasteiger partial charge >= 0.3 is 0 Å². The molecule has 49 heavy (non-hydrogen) atoms. The van der Waals surface area contributed by atoms with Crippen LogP contribution in [0, 0.1) is 17.8 Å². The van der Waals surface area contributed by atoms with E-state index in [1.54, 1.807) is 5.56 Å². The van der Waals surface area contributed by atoms with Crippen LogP contribution in [0.2, 0.25) is 0 Å². The van der Waals surface area contributed by atoms with Crippen molar-refractivity contribution in [2.75, 3.05) is 4.90 Å². The van der Waals surface area contributed by atoms with Crippen molar-refractivity contribution in [1.29, 1.82) is 0 Å². The van der Waals surface area contributed by atoms with Crippen LogP contribution in [0.3, 0.4) is 0 Å². The van der Waals surface area contributed by atoms with Crippen molar-refractivity contribution < 1.29 is 0 Å². The summed E-state index contributed by atoms with van der Waals surface area (Å²) in [4.78, 5) is 2.43. The Morgan fingerprint density at radius 2 is 0.857 bits per heavy atom. The van der Waals surface area contributed by atoms with Crippen molar-refractivity contribution in [2.24, 2.45) is 17.8 Å². The first kappa shape index (κ1) is 28.8. The third-order valence-electron chi connectivity index (χ3n) is 12.2. The van der Waals surface area contributed by atoms with E-state index in [0.29, 0.717) is 5.41 Å². The van der Waals surface area contributed by atoms with E-state index >= 15 is 0 Å². The number of benzene rings is 7. The number of anilines is 3. The summed E-state index contributed by atoms with van der Waals surface area (Å²) >= 11 is 0. The third-order valence-corrected chi connectivity index (χ3v) is 12.2. The number of hydrogen-bond acceptors (Lipinski definition) is 1. The molecule has 0 N–H and O–H groups in total. The van der Waals surface area contributed by atoms with Gasteiger partial charge in [-0.15, -0.1) is 0 Å². The summed E-state index contributed by atoms with van der Waals surface area (Å²) < 4.78 is 0. The largest absolute Gasteiger partial charge is 0.310 e. The smallest absolute Gasteiger partial charge is 0.0546 e. The van der Waals surface area contributed by atoms with E-state index in [1.165, 1.54) is 88.0 Å². The molecule has 238 valence electrons. The first-order valence-corrected chi connectivity index (χ1v) is 18.3. The maximum Gasteiger partial charge on any atom is 0.0546 e. The van der Waals surface area contributed by atoms with Gasteiger partial charge in [0.1, 0.15) is 0 Å². The van der Waals surface area contributed by atoms with Crippen LogP contribution in [0.4, 0.5) is 17.1 Å². The van der Waals surface area contributed by atoms with Gasteiger partial charge in [0.2, 0.25) is 0 Å². The minimum Gasteiger partial charge on any atom is -0.310 e. The second-order valence-corrected chi connectivity index (χ2v) is 15.2. The summed E-state index contributed by atoms with van der Waals surface area (Å²) in [6, 6.07) is 58.6. The standard InChI is InChI=1S/C48H41N/c1-2-8-36(9-3-1)38-16-22-42(23-17-38)49(47-29-40-10-4-5-11-44(40)45-12-6-7-13-46(45)47)43-24-18-39(19-25-43)37-14-20-41(21-15-37)48-30-33-26-34(31-48)28-35(27-33)32-48/h1-25,29,33-35H,26-28,30-32H2. The topological polar surface area (TPSA) is 3.24 Å². The van der Waals surface area contributed by atoms with Gasteiger partial charge in [0, 0.05) is 16.8 Å². The van der Waals surface area contributed by atoms with Gasteiger partial charge in [0.15, 0.2) is 0 Å². The van der Waals surface area contributed by atoms with Crippen LogP contribution in [0.25, 0.3) is 43.8 Å². The Labute approximate surface area is 289 Å².